The van der Waals surface area contributed by atoms with Crippen molar-refractivity contribution in [2.24, 2.45) is 0 Å². The molecule has 3 heterocycles. The van der Waals surface area contributed by atoms with Crippen LogP contribution in [0.4, 0.5) is 22.8 Å². The molecular formula is C27H31ClF3N5O7S2. The molecule has 0 spiro atoms. The minimum Gasteiger partial charge on any atom is -0.444 e. The van der Waals surface area contributed by atoms with E-state index in [1.54, 1.807) is 60.8 Å². The second-order valence-electron chi connectivity index (χ2n) is 12.1. The fourth-order valence-electron chi connectivity index (χ4n) is 4.55. The van der Waals surface area contributed by atoms with Crippen LogP contribution in [0.2, 0.25) is 5.02 Å². The van der Waals surface area contributed by atoms with E-state index < -0.39 is 57.5 Å². The Morgan fingerprint density at radius 2 is 1.64 bits per heavy atom. The monoisotopic (exact) mass is 693 g/mol. The van der Waals surface area contributed by atoms with E-state index in [2.05, 4.69) is 19.2 Å². The molecule has 246 valence electrons. The number of amides is 1. The Balaban J connectivity index is 1.95. The summed E-state index contributed by atoms with van der Waals surface area (Å²) in [5.74, 6) is -0.869. The fourth-order valence-corrected chi connectivity index (χ4v) is 5.65. The van der Waals surface area contributed by atoms with Crippen molar-refractivity contribution >= 4 is 56.6 Å². The third kappa shape index (κ3) is 7.25. The lowest BCUT2D eigenvalue weighted by atomic mass is 9.90. The molecule has 1 unspecified atom stereocenters. The predicted octanol–water partition coefficient (Wildman–Crippen LogP) is 6.56. The van der Waals surface area contributed by atoms with Gasteiger partial charge in [0.25, 0.3) is 0 Å². The highest BCUT2D eigenvalue weighted by molar-refractivity contribution is 7.98. The number of aromatic nitrogens is 4. The van der Waals surface area contributed by atoms with Gasteiger partial charge in [-0.25, -0.2) is 14.6 Å². The zero-order valence-electron chi connectivity index (χ0n) is 25.6. The lowest BCUT2D eigenvalue weighted by Gasteiger charge is -2.38. The van der Waals surface area contributed by atoms with E-state index >= 15 is 0 Å². The van der Waals surface area contributed by atoms with E-state index in [0.717, 1.165) is 16.4 Å². The summed E-state index contributed by atoms with van der Waals surface area (Å²) in [5, 5.41) is 4.76. The van der Waals surface area contributed by atoms with Crippen LogP contribution >= 0.6 is 23.4 Å². The molecule has 1 aliphatic rings. The van der Waals surface area contributed by atoms with Gasteiger partial charge in [0.2, 0.25) is 5.88 Å². The van der Waals surface area contributed by atoms with Crippen LogP contribution in [0.3, 0.4) is 0 Å². The van der Waals surface area contributed by atoms with Gasteiger partial charge in [-0.05, 0) is 66.4 Å². The molecule has 0 radical (unpaired) electrons. The van der Waals surface area contributed by atoms with Crippen LogP contribution in [0.15, 0.2) is 17.4 Å². The van der Waals surface area contributed by atoms with Gasteiger partial charge < -0.3 is 13.7 Å². The molecule has 45 heavy (non-hydrogen) atoms. The van der Waals surface area contributed by atoms with Crippen molar-refractivity contribution < 1.29 is 44.8 Å². The summed E-state index contributed by atoms with van der Waals surface area (Å²) >= 11 is 7.81. The molecule has 4 rings (SSSR count). The average molecular weight is 694 g/mol. The normalized spacial score (nSPS) is 16.0. The van der Waals surface area contributed by atoms with E-state index in [-0.39, 0.29) is 27.9 Å². The van der Waals surface area contributed by atoms with Gasteiger partial charge in [0.15, 0.2) is 5.16 Å². The first-order valence-corrected chi connectivity index (χ1v) is 16.4. The highest BCUT2D eigenvalue weighted by Crippen LogP contribution is 2.44. The van der Waals surface area contributed by atoms with Gasteiger partial charge in [-0.15, -0.1) is 0 Å². The van der Waals surface area contributed by atoms with E-state index in [0.29, 0.717) is 22.0 Å². The van der Waals surface area contributed by atoms with Crippen LogP contribution in [-0.2, 0) is 32.6 Å². The van der Waals surface area contributed by atoms with Crippen molar-refractivity contribution in [3.05, 3.63) is 39.7 Å². The van der Waals surface area contributed by atoms with Crippen molar-refractivity contribution in [2.75, 3.05) is 6.26 Å². The lowest BCUT2D eigenvalue weighted by molar-refractivity contribution is -0.0502. The summed E-state index contributed by atoms with van der Waals surface area (Å²) in [4.78, 5) is 36.1. The third-order valence-corrected chi connectivity index (χ3v) is 8.33. The van der Waals surface area contributed by atoms with E-state index in [1.165, 1.54) is 11.1 Å². The number of nitrogens with zero attached hydrogens (tertiary/aromatic N) is 5. The maximum atomic E-state index is 13.7. The number of ether oxygens (including phenoxy) is 2. The standard InChI is InChI=1S/C27H31ClF3N5O7S2/c1-13-9-17-14(11-32-36(17)24(38)42-26(5,6)7)19(20(13)28)18-10-16-15(12-35(18)23(37)41-25(2,3)4)21(34-22(33-16)44-8)43-45(39,40)27(29,30)31/h9,11,18H,10,12H2,1-8H3. The number of carbonyl (C=O) groups excluding carboxylic acids is 2. The predicted molar refractivity (Wildman–Crippen MR) is 159 cm³/mol. The Kier molecular flexibility index (Phi) is 9.07. The van der Waals surface area contributed by atoms with Gasteiger partial charge >= 0.3 is 27.8 Å². The minimum atomic E-state index is -6.11. The third-order valence-electron chi connectivity index (χ3n) is 6.34. The van der Waals surface area contributed by atoms with E-state index in [1.807, 2.05) is 0 Å². The van der Waals surface area contributed by atoms with Gasteiger partial charge in [-0.1, -0.05) is 23.4 Å². The summed E-state index contributed by atoms with van der Waals surface area (Å²) in [6.07, 6.45) is 1.13. The Morgan fingerprint density at radius 3 is 2.20 bits per heavy atom. The molecule has 2 aromatic heterocycles. The number of fused-ring (bicyclic) bond motifs is 2. The molecule has 1 atom stereocenters. The number of carbonyl (C=O) groups is 2. The van der Waals surface area contributed by atoms with Crippen molar-refractivity contribution in [1.82, 2.24) is 24.6 Å². The first kappa shape index (κ1) is 34.6. The molecule has 0 saturated carbocycles. The van der Waals surface area contributed by atoms with Crippen molar-refractivity contribution in [3.63, 3.8) is 0 Å². The molecule has 0 aliphatic carbocycles. The number of alkyl halides is 3. The number of hydrogen-bond donors (Lipinski definition) is 0. The second-order valence-corrected chi connectivity index (χ2v) is 14.8. The van der Waals surface area contributed by atoms with Crippen LogP contribution in [0.5, 0.6) is 5.88 Å². The Hall–Kier alpha value is -3.31. The first-order valence-electron chi connectivity index (χ1n) is 13.4. The highest BCUT2D eigenvalue weighted by Gasteiger charge is 2.50. The number of halogens is 4. The summed E-state index contributed by atoms with van der Waals surface area (Å²) in [6.45, 7) is 11.2. The molecule has 1 aliphatic heterocycles. The van der Waals surface area contributed by atoms with Gasteiger partial charge in [-0.2, -0.15) is 36.4 Å². The van der Waals surface area contributed by atoms with Crippen LogP contribution in [-0.4, -0.2) is 68.2 Å². The lowest BCUT2D eigenvalue weighted by Crippen LogP contribution is -2.43. The van der Waals surface area contributed by atoms with Gasteiger partial charge in [0.05, 0.1) is 35.6 Å². The number of hydrogen-bond acceptors (Lipinski definition) is 11. The van der Waals surface area contributed by atoms with Gasteiger partial charge in [-0.3, -0.25) is 4.90 Å². The van der Waals surface area contributed by atoms with E-state index in [9.17, 15) is 31.2 Å². The number of thioether (sulfide) groups is 1. The summed E-state index contributed by atoms with van der Waals surface area (Å²) in [7, 11) is -6.11. The zero-order chi connectivity index (χ0) is 33.9. The Bertz CT molecular complexity index is 1780. The van der Waals surface area contributed by atoms with Crippen molar-refractivity contribution in [1.29, 1.82) is 0 Å². The van der Waals surface area contributed by atoms with Crippen molar-refractivity contribution in [2.45, 2.75) is 89.3 Å². The average Bonchev–Trinajstić information content (AvgIpc) is 3.29. The first-order chi connectivity index (χ1) is 20.5. The molecule has 0 fully saturated rings. The second kappa shape index (κ2) is 11.8. The van der Waals surface area contributed by atoms with Crippen LogP contribution in [0.1, 0.15) is 70.0 Å². The maximum Gasteiger partial charge on any atom is 0.534 e. The van der Waals surface area contributed by atoms with Crippen LogP contribution < -0.4 is 4.18 Å². The molecular weight excluding hydrogens is 663 g/mol. The number of rotatable bonds is 4. The van der Waals surface area contributed by atoms with Gasteiger partial charge in [0.1, 0.15) is 11.2 Å². The van der Waals surface area contributed by atoms with Gasteiger partial charge in [0, 0.05) is 22.4 Å². The smallest absolute Gasteiger partial charge is 0.444 e. The molecule has 0 bridgehead atoms. The Morgan fingerprint density at radius 1 is 1.04 bits per heavy atom. The Labute approximate surface area is 266 Å². The SMILES string of the molecule is CSc1nc2c(c(OS(=O)(=O)C(F)(F)F)n1)CN(C(=O)OC(C)(C)C)C(c1c(Cl)c(C)cc3c1cnn3C(=O)OC(C)(C)C)C2. The maximum absolute atomic E-state index is 13.7. The molecule has 12 nitrogen and oxygen atoms in total. The highest BCUT2D eigenvalue weighted by atomic mass is 35.5. The zero-order valence-corrected chi connectivity index (χ0v) is 28.0. The largest absolute Gasteiger partial charge is 0.534 e. The molecule has 0 saturated heterocycles. The molecule has 1 amide bonds. The molecule has 18 heteroatoms. The van der Waals surface area contributed by atoms with Crippen molar-refractivity contribution in [3.8, 4) is 5.88 Å². The van der Waals surface area contributed by atoms with Crippen LogP contribution in [0.25, 0.3) is 10.9 Å². The van der Waals surface area contributed by atoms with Crippen LogP contribution in [0, 0.1) is 6.92 Å². The molecule has 0 N–H and O–H groups in total. The topological polar surface area (TPSA) is 143 Å². The number of aryl methyl sites for hydroxylation is 1. The summed E-state index contributed by atoms with van der Waals surface area (Å²) < 4.78 is 80.5. The summed E-state index contributed by atoms with van der Waals surface area (Å²) in [5.41, 5.74) is -6.39. The number of benzene rings is 1. The van der Waals surface area contributed by atoms with E-state index in [4.69, 9.17) is 21.1 Å². The molecule has 3 aromatic rings. The molecule has 1 aromatic carbocycles. The quantitative estimate of drug-likeness (QED) is 0.127. The fraction of sp³-hybridized carbons (Fsp3) is 0.519. The minimum absolute atomic E-state index is 0.0659. The summed E-state index contributed by atoms with van der Waals surface area (Å²) in [6, 6.07) is 0.671.